The fourth-order valence-electron chi connectivity index (χ4n) is 2.30. The average Bonchev–Trinajstić information content (AvgIpc) is 3.02. The van der Waals surface area contributed by atoms with Crippen LogP contribution in [0.25, 0.3) is 11.1 Å². The van der Waals surface area contributed by atoms with Crippen molar-refractivity contribution in [2.24, 2.45) is 0 Å². The Morgan fingerprint density at radius 3 is 2.91 bits per heavy atom. The summed E-state index contributed by atoms with van der Waals surface area (Å²) in [6, 6.07) is 7.28. The van der Waals surface area contributed by atoms with Gasteiger partial charge in [-0.05, 0) is 11.1 Å². The minimum absolute atomic E-state index is 0.0756. The maximum atomic E-state index is 11.4. The normalized spacial score (nSPS) is 11.7. The van der Waals surface area contributed by atoms with Crippen LogP contribution in [0.2, 0.25) is 0 Å². The van der Waals surface area contributed by atoms with Gasteiger partial charge in [0.1, 0.15) is 6.29 Å². The summed E-state index contributed by atoms with van der Waals surface area (Å²) in [5, 5.41) is 14.5. The molecule has 0 saturated heterocycles. The minimum Gasteiger partial charge on any atom is -0.466 e. The number of esters is 1. The molecule has 0 bridgehead atoms. The molecule has 0 radical (unpaired) electrons. The van der Waals surface area contributed by atoms with Crippen molar-refractivity contribution in [1.82, 2.24) is 9.78 Å². The van der Waals surface area contributed by atoms with Crippen LogP contribution in [-0.2, 0) is 20.9 Å². The van der Waals surface area contributed by atoms with Crippen molar-refractivity contribution in [1.29, 1.82) is 0 Å². The lowest BCUT2D eigenvalue weighted by Crippen LogP contribution is -2.08. The molecule has 1 aromatic heterocycles. The summed E-state index contributed by atoms with van der Waals surface area (Å²) >= 11 is 0. The summed E-state index contributed by atoms with van der Waals surface area (Å²) < 4.78 is 6.11. The van der Waals surface area contributed by atoms with E-state index in [1.807, 2.05) is 12.1 Å². The highest BCUT2D eigenvalue weighted by Crippen LogP contribution is 2.31. The van der Waals surface area contributed by atoms with Crippen LogP contribution in [-0.4, -0.2) is 34.3 Å². The minimum atomic E-state index is -0.896. The number of hydrogen-bond acceptors (Lipinski definition) is 5. The number of aromatic nitrogens is 2. The van der Waals surface area contributed by atoms with Gasteiger partial charge in [-0.15, -0.1) is 0 Å². The Hall–Kier alpha value is -2.73. The first-order valence-corrected chi connectivity index (χ1v) is 7.06. The summed E-state index contributed by atoms with van der Waals surface area (Å²) in [4.78, 5) is 22.0. The van der Waals surface area contributed by atoms with E-state index in [1.54, 1.807) is 24.5 Å². The van der Waals surface area contributed by atoms with Crippen LogP contribution in [0.5, 0.6) is 0 Å². The monoisotopic (exact) mass is 314 g/mol. The number of carbonyl (C=O) groups excluding carboxylic acids is 2. The Labute approximate surface area is 134 Å². The molecule has 0 saturated carbocycles. The SMILES string of the molecule is C=C(CC(O)c1ccccc1-c1cnn(CC=O)c1)C(=O)OC. The van der Waals surface area contributed by atoms with Gasteiger partial charge in [0, 0.05) is 23.8 Å². The van der Waals surface area contributed by atoms with Gasteiger partial charge in [-0.1, -0.05) is 30.8 Å². The standard InChI is InChI=1S/C17H18N2O4/c1-12(17(22)23-2)9-16(21)15-6-4-3-5-14(15)13-10-18-19(11-13)7-8-20/h3-6,8,10-11,16,21H,1,7,9H2,2H3. The Morgan fingerprint density at radius 1 is 1.48 bits per heavy atom. The Balaban J connectivity index is 2.27. The number of hydrogen-bond donors (Lipinski definition) is 1. The highest BCUT2D eigenvalue weighted by Gasteiger charge is 2.18. The molecule has 0 amide bonds. The van der Waals surface area contributed by atoms with Crippen LogP contribution in [0.3, 0.4) is 0 Å². The fourth-order valence-corrected chi connectivity index (χ4v) is 2.30. The molecule has 6 nitrogen and oxygen atoms in total. The third kappa shape index (κ3) is 3.92. The third-order valence-corrected chi connectivity index (χ3v) is 3.44. The number of aliphatic hydroxyl groups is 1. The van der Waals surface area contributed by atoms with Crippen LogP contribution in [0.4, 0.5) is 0 Å². The average molecular weight is 314 g/mol. The first kappa shape index (κ1) is 16.6. The zero-order valence-electron chi connectivity index (χ0n) is 12.8. The molecule has 0 aliphatic carbocycles. The number of benzene rings is 1. The van der Waals surface area contributed by atoms with Gasteiger partial charge in [0.15, 0.2) is 0 Å². The largest absolute Gasteiger partial charge is 0.466 e. The summed E-state index contributed by atoms with van der Waals surface area (Å²) in [5.41, 5.74) is 2.43. The number of carbonyl (C=O) groups is 2. The second-order valence-corrected chi connectivity index (χ2v) is 5.02. The van der Waals surface area contributed by atoms with E-state index in [9.17, 15) is 14.7 Å². The number of aliphatic hydroxyl groups excluding tert-OH is 1. The number of rotatable bonds is 7. The van der Waals surface area contributed by atoms with Crippen LogP contribution < -0.4 is 0 Å². The molecule has 23 heavy (non-hydrogen) atoms. The molecular weight excluding hydrogens is 296 g/mol. The van der Waals surface area contributed by atoms with Crippen molar-refractivity contribution >= 4 is 12.3 Å². The maximum Gasteiger partial charge on any atom is 0.333 e. The zero-order valence-corrected chi connectivity index (χ0v) is 12.8. The molecule has 6 heteroatoms. The van der Waals surface area contributed by atoms with Crippen molar-refractivity contribution in [3.63, 3.8) is 0 Å². The quantitative estimate of drug-likeness (QED) is 0.479. The van der Waals surface area contributed by atoms with Gasteiger partial charge in [-0.3, -0.25) is 4.68 Å². The zero-order chi connectivity index (χ0) is 16.8. The number of nitrogens with zero attached hydrogens (tertiary/aromatic N) is 2. The molecule has 1 N–H and O–H groups in total. The summed E-state index contributed by atoms with van der Waals surface area (Å²) in [5.74, 6) is -0.541. The first-order chi connectivity index (χ1) is 11.1. The van der Waals surface area contributed by atoms with E-state index in [0.29, 0.717) is 5.56 Å². The second-order valence-electron chi connectivity index (χ2n) is 5.02. The van der Waals surface area contributed by atoms with E-state index in [4.69, 9.17) is 0 Å². The van der Waals surface area contributed by atoms with Crippen LogP contribution in [0.1, 0.15) is 18.1 Å². The van der Waals surface area contributed by atoms with E-state index >= 15 is 0 Å². The molecule has 0 aliphatic heterocycles. The molecule has 1 aromatic carbocycles. The highest BCUT2D eigenvalue weighted by molar-refractivity contribution is 5.87. The van der Waals surface area contributed by atoms with Gasteiger partial charge in [0.2, 0.25) is 0 Å². The predicted molar refractivity (Wildman–Crippen MR) is 84.5 cm³/mol. The predicted octanol–water partition coefficient (Wildman–Crippen LogP) is 1.90. The van der Waals surface area contributed by atoms with Gasteiger partial charge < -0.3 is 14.6 Å². The topological polar surface area (TPSA) is 81.4 Å². The second kappa shape index (κ2) is 7.51. The van der Waals surface area contributed by atoms with Gasteiger partial charge in [0.25, 0.3) is 0 Å². The molecule has 0 fully saturated rings. The van der Waals surface area contributed by atoms with Crippen LogP contribution in [0.15, 0.2) is 48.8 Å². The van der Waals surface area contributed by atoms with E-state index in [-0.39, 0.29) is 18.5 Å². The van der Waals surface area contributed by atoms with E-state index in [2.05, 4.69) is 16.4 Å². The first-order valence-electron chi connectivity index (χ1n) is 7.06. The number of aldehydes is 1. The van der Waals surface area contributed by atoms with Crippen molar-refractivity contribution in [2.75, 3.05) is 7.11 Å². The smallest absolute Gasteiger partial charge is 0.333 e. The van der Waals surface area contributed by atoms with Crippen molar-refractivity contribution in [3.8, 4) is 11.1 Å². The maximum absolute atomic E-state index is 11.4. The van der Waals surface area contributed by atoms with Gasteiger partial charge in [-0.2, -0.15) is 5.10 Å². The highest BCUT2D eigenvalue weighted by atomic mass is 16.5. The van der Waals surface area contributed by atoms with E-state index < -0.39 is 12.1 Å². The van der Waals surface area contributed by atoms with Gasteiger partial charge in [-0.25, -0.2) is 4.79 Å². The molecule has 2 rings (SSSR count). The molecule has 1 unspecified atom stereocenters. The summed E-state index contributed by atoms with van der Waals surface area (Å²) in [6.45, 7) is 3.80. The summed E-state index contributed by atoms with van der Waals surface area (Å²) in [6.07, 6.45) is 3.30. The summed E-state index contributed by atoms with van der Waals surface area (Å²) in [7, 11) is 1.27. The van der Waals surface area contributed by atoms with Crippen molar-refractivity contribution in [3.05, 3.63) is 54.4 Å². The van der Waals surface area contributed by atoms with Gasteiger partial charge >= 0.3 is 5.97 Å². The lowest BCUT2D eigenvalue weighted by Gasteiger charge is -2.15. The molecule has 1 heterocycles. The fraction of sp³-hybridized carbons (Fsp3) is 0.235. The van der Waals surface area contributed by atoms with Gasteiger partial charge in [0.05, 0.1) is 26.0 Å². The molecule has 2 aromatic rings. The van der Waals surface area contributed by atoms with E-state index in [0.717, 1.165) is 17.4 Å². The molecule has 1 atom stereocenters. The third-order valence-electron chi connectivity index (χ3n) is 3.44. The van der Waals surface area contributed by atoms with Crippen LogP contribution in [0, 0.1) is 0 Å². The Bertz CT molecular complexity index is 721. The number of methoxy groups -OCH3 is 1. The molecular formula is C17H18N2O4. The Morgan fingerprint density at radius 2 is 2.22 bits per heavy atom. The molecule has 120 valence electrons. The number of ether oxygens (including phenoxy) is 1. The Kier molecular flexibility index (Phi) is 5.43. The van der Waals surface area contributed by atoms with E-state index in [1.165, 1.54) is 11.8 Å². The van der Waals surface area contributed by atoms with Crippen molar-refractivity contribution in [2.45, 2.75) is 19.1 Å². The molecule has 0 aliphatic rings. The van der Waals surface area contributed by atoms with Crippen LogP contribution >= 0.6 is 0 Å². The lowest BCUT2D eigenvalue weighted by molar-refractivity contribution is -0.136. The molecule has 0 spiro atoms. The van der Waals surface area contributed by atoms with Crippen molar-refractivity contribution < 1.29 is 19.4 Å². The lowest BCUT2D eigenvalue weighted by atomic mass is 9.95.